The van der Waals surface area contributed by atoms with Gasteiger partial charge in [0.25, 0.3) is 0 Å². The van der Waals surface area contributed by atoms with Gasteiger partial charge in [0.05, 0.1) is 6.20 Å². The zero-order chi connectivity index (χ0) is 19.9. The third-order valence-corrected chi connectivity index (χ3v) is 8.88. The van der Waals surface area contributed by atoms with Crippen LogP contribution in [0.1, 0.15) is 79.1 Å². The van der Waals surface area contributed by atoms with Crippen molar-refractivity contribution in [3.05, 3.63) is 24.0 Å². The topological polar surface area (TPSA) is 47.8 Å². The summed E-state index contributed by atoms with van der Waals surface area (Å²) in [6.45, 7) is 10.0. The standard InChI is InChI=1S/C24H37N3O/c1-5-12-23(3)17(6-2)7-8-18-19-9-10-21(24(19,4)13-11-20(18)23)22(28)16-27-15-14-25-26-27/h11,14-15,17-19,21H,5-10,12-13,16H2,1-4H3. The molecule has 3 aliphatic rings. The molecule has 154 valence electrons. The molecule has 0 bridgehead atoms. The number of rotatable bonds is 6. The van der Waals surface area contributed by atoms with Crippen molar-refractivity contribution in [3.63, 3.8) is 0 Å². The van der Waals surface area contributed by atoms with Crippen molar-refractivity contribution >= 4 is 5.78 Å². The lowest BCUT2D eigenvalue weighted by atomic mass is 9.50. The van der Waals surface area contributed by atoms with Gasteiger partial charge in [-0.3, -0.25) is 4.79 Å². The highest BCUT2D eigenvalue weighted by Crippen LogP contribution is 2.64. The van der Waals surface area contributed by atoms with Crippen LogP contribution in [-0.2, 0) is 11.3 Å². The summed E-state index contributed by atoms with van der Waals surface area (Å²) in [6.07, 6.45) is 15.9. The maximum absolute atomic E-state index is 13.2. The Labute approximate surface area is 170 Å². The molecular formula is C24H37N3O. The van der Waals surface area contributed by atoms with E-state index < -0.39 is 0 Å². The highest BCUT2D eigenvalue weighted by atomic mass is 16.1. The Kier molecular flexibility index (Phi) is 5.26. The van der Waals surface area contributed by atoms with Crippen LogP contribution in [0.3, 0.4) is 0 Å². The van der Waals surface area contributed by atoms with Gasteiger partial charge in [0.15, 0.2) is 5.78 Å². The van der Waals surface area contributed by atoms with Gasteiger partial charge in [-0.2, -0.15) is 0 Å². The van der Waals surface area contributed by atoms with Crippen molar-refractivity contribution in [1.82, 2.24) is 15.0 Å². The second-order valence-corrected chi connectivity index (χ2v) is 10.1. The highest BCUT2D eigenvalue weighted by Gasteiger charge is 2.57. The maximum atomic E-state index is 13.2. The van der Waals surface area contributed by atoms with E-state index in [-0.39, 0.29) is 11.3 Å². The van der Waals surface area contributed by atoms with E-state index in [9.17, 15) is 4.79 Å². The van der Waals surface area contributed by atoms with E-state index in [1.165, 1.54) is 38.5 Å². The number of fused-ring (bicyclic) bond motifs is 3. The molecule has 3 aliphatic carbocycles. The quantitative estimate of drug-likeness (QED) is 0.614. The minimum Gasteiger partial charge on any atom is -0.297 e. The summed E-state index contributed by atoms with van der Waals surface area (Å²) in [6, 6.07) is 0. The van der Waals surface area contributed by atoms with Crippen LogP contribution >= 0.6 is 0 Å². The first-order chi connectivity index (χ1) is 13.4. The Bertz CT molecular complexity index is 739. The molecule has 4 nitrogen and oxygen atoms in total. The first kappa shape index (κ1) is 19.8. The largest absolute Gasteiger partial charge is 0.297 e. The summed E-state index contributed by atoms with van der Waals surface area (Å²) in [5, 5.41) is 7.87. The lowest BCUT2D eigenvalue weighted by molar-refractivity contribution is -0.127. The molecule has 1 heterocycles. The number of Topliss-reactive ketones (excluding diaryl/α,β-unsaturated/α-hetero) is 1. The van der Waals surface area contributed by atoms with Crippen LogP contribution < -0.4 is 0 Å². The summed E-state index contributed by atoms with van der Waals surface area (Å²) in [4.78, 5) is 13.2. The average Bonchev–Trinajstić information content (AvgIpc) is 3.29. The molecule has 2 saturated carbocycles. The second-order valence-electron chi connectivity index (χ2n) is 10.1. The molecule has 4 rings (SSSR count). The lowest BCUT2D eigenvalue weighted by Gasteiger charge is -2.54. The van der Waals surface area contributed by atoms with E-state index in [4.69, 9.17) is 0 Å². The third-order valence-electron chi connectivity index (χ3n) is 8.88. The Morgan fingerprint density at radius 3 is 2.71 bits per heavy atom. The summed E-state index contributed by atoms with van der Waals surface area (Å²) in [5.41, 5.74) is 2.26. The van der Waals surface area contributed by atoms with Gasteiger partial charge in [0, 0.05) is 12.1 Å². The van der Waals surface area contributed by atoms with Gasteiger partial charge < -0.3 is 0 Å². The number of carbonyl (C=O) groups is 1. The number of hydrogen-bond donors (Lipinski definition) is 0. The Morgan fingerprint density at radius 1 is 1.21 bits per heavy atom. The van der Waals surface area contributed by atoms with Crippen molar-refractivity contribution in [2.75, 3.05) is 0 Å². The van der Waals surface area contributed by atoms with E-state index >= 15 is 0 Å². The molecule has 0 spiro atoms. The van der Waals surface area contributed by atoms with Gasteiger partial charge >= 0.3 is 0 Å². The summed E-state index contributed by atoms with van der Waals surface area (Å²) in [5.74, 6) is 2.71. The van der Waals surface area contributed by atoms with E-state index in [2.05, 4.69) is 44.1 Å². The predicted molar refractivity (Wildman–Crippen MR) is 112 cm³/mol. The van der Waals surface area contributed by atoms with Gasteiger partial charge in [-0.1, -0.05) is 57.4 Å². The van der Waals surface area contributed by atoms with Crippen LogP contribution in [0.5, 0.6) is 0 Å². The maximum Gasteiger partial charge on any atom is 0.157 e. The molecule has 28 heavy (non-hydrogen) atoms. The number of allylic oxidation sites excluding steroid dienone is 2. The van der Waals surface area contributed by atoms with Crippen molar-refractivity contribution in [2.24, 2.45) is 34.5 Å². The smallest absolute Gasteiger partial charge is 0.157 e. The van der Waals surface area contributed by atoms with Crippen LogP contribution in [0.2, 0.25) is 0 Å². The third kappa shape index (κ3) is 2.98. The number of aromatic nitrogens is 3. The van der Waals surface area contributed by atoms with Gasteiger partial charge in [0.2, 0.25) is 0 Å². The molecule has 6 unspecified atom stereocenters. The number of hydrogen-bond acceptors (Lipinski definition) is 3. The van der Waals surface area contributed by atoms with E-state index in [1.807, 2.05) is 0 Å². The molecule has 0 aromatic carbocycles. The zero-order valence-electron chi connectivity index (χ0n) is 18.2. The van der Waals surface area contributed by atoms with Crippen LogP contribution in [-0.4, -0.2) is 20.8 Å². The van der Waals surface area contributed by atoms with Crippen molar-refractivity contribution in [3.8, 4) is 0 Å². The molecule has 2 fully saturated rings. The number of carbonyl (C=O) groups excluding carboxylic acids is 1. The van der Waals surface area contributed by atoms with Crippen LogP contribution in [0.25, 0.3) is 0 Å². The first-order valence-corrected chi connectivity index (χ1v) is 11.5. The van der Waals surface area contributed by atoms with Crippen LogP contribution in [0, 0.1) is 34.5 Å². The number of nitrogens with zero attached hydrogens (tertiary/aromatic N) is 3. The fourth-order valence-corrected chi connectivity index (χ4v) is 7.50. The van der Waals surface area contributed by atoms with Gasteiger partial charge in [-0.25, -0.2) is 4.68 Å². The second kappa shape index (κ2) is 7.42. The monoisotopic (exact) mass is 383 g/mol. The normalized spacial score (nSPS) is 39.9. The van der Waals surface area contributed by atoms with E-state index in [1.54, 1.807) is 22.6 Å². The molecule has 0 N–H and O–H groups in total. The highest BCUT2D eigenvalue weighted by molar-refractivity contribution is 5.82. The van der Waals surface area contributed by atoms with E-state index in [0.29, 0.717) is 29.6 Å². The Morgan fingerprint density at radius 2 is 2.04 bits per heavy atom. The van der Waals surface area contributed by atoms with Crippen LogP contribution in [0.15, 0.2) is 24.0 Å². The fourth-order valence-electron chi connectivity index (χ4n) is 7.50. The Hall–Kier alpha value is -1.45. The van der Waals surface area contributed by atoms with Gasteiger partial charge in [-0.15, -0.1) is 5.10 Å². The Balaban J connectivity index is 1.60. The van der Waals surface area contributed by atoms with Gasteiger partial charge in [0.1, 0.15) is 6.54 Å². The fraction of sp³-hybridized carbons (Fsp3) is 0.792. The zero-order valence-corrected chi connectivity index (χ0v) is 18.2. The molecule has 0 amide bonds. The van der Waals surface area contributed by atoms with Crippen molar-refractivity contribution < 1.29 is 4.79 Å². The lowest BCUT2D eigenvalue weighted by Crippen LogP contribution is -2.46. The first-order valence-electron chi connectivity index (χ1n) is 11.5. The SMILES string of the molecule is CCCC1(C)C2=CCC3(C)C(C(=O)Cn4ccnn4)CCC3C2CCC1CC. The molecule has 4 heteroatoms. The molecule has 0 aliphatic heterocycles. The van der Waals surface area contributed by atoms with E-state index in [0.717, 1.165) is 18.8 Å². The van der Waals surface area contributed by atoms with Crippen molar-refractivity contribution in [1.29, 1.82) is 0 Å². The molecule has 1 aromatic heterocycles. The van der Waals surface area contributed by atoms with Crippen molar-refractivity contribution in [2.45, 2.75) is 85.6 Å². The molecule has 1 aromatic rings. The minimum atomic E-state index is 0.123. The molecular weight excluding hydrogens is 346 g/mol. The number of ketones is 1. The molecule has 6 atom stereocenters. The summed E-state index contributed by atoms with van der Waals surface area (Å²) >= 11 is 0. The molecule has 0 saturated heterocycles. The van der Waals surface area contributed by atoms with Gasteiger partial charge in [-0.05, 0) is 67.1 Å². The average molecular weight is 384 g/mol. The summed E-state index contributed by atoms with van der Waals surface area (Å²) < 4.78 is 1.69. The van der Waals surface area contributed by atoms with Crippen LogP contribution in [0.4, 0.5) is 0 Å². The molecule has 0 radical (unpaired) electrons. The summed E-state index contributed by atoms with van der Waals surface area (Å²) in [7, 11) is 0. The predicted octanol–water partition coefficient (Wildman–Crippen LogP) is 5.45. The minimum absolute atomic E-state index is 0.123.